The van der Waals surface area contributed by atoms with Gasteiger partial charge in [0.2, 0.25) is 0 Å². The molecule has 0 bridgehead atoms. The molecule has 0 fully saturated rings. The zero-order chi connectivity index (χ0) is 12.3. The molecule has 2 aliphatic carbocycles. The molecule has 0 aromatic carbocycles. The van der Waals surface area contributed by atoms with E-state index in [-0.39, 0.29) is 51.0 Å². The molecule has 0 saturated carbocycles. The van der Waals surface area contributed by atoms with Gasteiger partial charge < -0.3 is 24.8 Å². The summed E-state index contributed by atoms with van der Waals surface area (Å²) >= 11 is 0. The Morgan fingerprint density at radius 2 is 1.00 bits per heavy atom. The monoisotopic (exact) mass is 374 g/mol. The second kappa shape index (κ2) is 11.1. The second-order valence-electron chi connectivity index (χ2n) is 4.87. The molecule has 0 aromatic rings. The fraction of sp³-hybridized carbons (Fsp3) is 0.500. The third kappa shape index (κ3) is 8.33. The van der Waals surface area contributed by atoms with Gasteiger partial charge in [-0.05, 0) is 0 Å². The molecular weight excluding hydrogens is 354 g/mol. The predicted molar refractivity (Wildman–Crippen MR) is 70.7 cm³/mol. The van der Waals surface area contributed by atoms with E-state index in [1.54, 1.807) is 0 Å². The molecule has 2 rings (SSSR count). The van der Waals surface area contributed by atoms with Gasteiger partial charge in [0.15, 0.2) is 0 Å². The van der Waals surface area contributed by atoms with Crippen LogP contribution in [-0.4, -0.2) is 0 Å². The topological polar surface area (TPSA) is 0 Å². The van der Waals surface area contributed by atoms with Gasteiger partial charge in [0, 0.05) is 0 Å². The SMILES string of the molecule is CC1=[C-]C(C)C(C)=C1.CC1=[C-]C(C)C(C)=C1.[Cl-].[Cl-].[Zr+4]. The summed E-state index contributed by atoms with van der Waals surface area (Å²) in [4.78, 5) is 0. The Labute approximate surface area is 150 Å². The standard InChI is InChI=1S/2C8H11.2ClH.Zr/c2*1-6-4-7(2)8(3)5-6;;;/h2*4,8H,1-3H3;2*1H;/q2*-1;;;+4/p-2. The average Bonchev–Trinajstić information content (AvgIpc) is 2.58. The Bertz CT molecular complexity index is 352. The van der Waals surface area contributed by atoms with Gasteiger partial charge in [0.05, 0.1) is 0 Å². The summed E-state index contributed by atoms with van der Waals surface area (Å²) in [6.45, 7) is 12.8. The van der Waals surface area contributed by atoms with Gasteiger partial charge in [-0.15, -0.1) is 0 Å². The Morgan fingerprint density at radius 3 is 1.05 bits per heavy atom. The van der Waals surface area contributed by atoms with E-state index in [1.165, 1.54) is 22.3 Å². The first-order chi connectivity index (χ1) is 7.40. The van der Waals surface area contributed by atoms with E-state index in [4.69, 9.17) is 0 Å². The van der Waals surface area contributed by atoms with Crippen LogP contribution in [0.15, 0.2) is 34.4 Å². The number of hydrogen-bond acceptors (Lipinski definition) is 0. The van der Waals surface area contributed by atoms with Gasteiger partial charge in [-0.3, -0.25) is 12.2 Å². The van der Waals surface area contributed by atoms with E-state index in [0.717, 1.165) is 0 Å². The Hall–Kier alpha value is 0.423. The first-order valence-corrected chi connectivity index (χ1v) is 5.96. The minimum Gasteiger partial charge on any atom is -1.00 e. The molecular formula is C16H22Cl2Zr. The maximum absolute atomic E-state index is 3.29. The summed E-state index contributed by atoms with van der Waals surface area (Å²) in [5, 5.41) is 0. The molecule has 19 heavy (non-hydrogen) atoms. The zero-order valence-corrected chi connectivity index (χ0v) is 16.5. The third-order valence-corrected chi connectivity index (χ3v) is 3.14. The van der Waals surface area contributed by atoms with Gasteiger partial charge in [-0.2, -0.15) is 11.1 Å². The Morgan fingerprint density at radius 1 is 0.737 bits per heavy atom. The molecule has 2 unspecified atom stereocenters. The van der Waals surface area contributed by atoms with Crippen molar-refractivity contribution in [3.8, 4) is 0 Å². The van der Waals surface area contributed by atoms with E-state index in [2.05, 4.69) is 65.8 Å². The van der Waals surface area contributed by atoms with Crippen LogP contribution >= 0.6 is 0 Å². The van der Waals surface area contributed by atoms with Crippen LogP contribution in [0.25, 0.3) is 0 Å². The van der Waals surface area contributed by atoms with Crippen LogP contribution in [0.4, 0.5) is 0 Å². The van der Waals surface area contributed by atoms with E-state index >= 15 is 0 Å². The summed E-state index contributed by atoms with van der Waals surface area (Å²) in [5.74, 6) is 1.13. The minimum atomic E-state index is 0. The van der Waals surface area contributed by atoms with Crippen molar-refractivity contribution in [3.05, 3.63) is 46.6 Å². The molecule has 2 atom stereocenters. The first kappa shape index (κ1) is 24.4. The molecule has 0 saturated heterocycles. The summed E-state index contributed by atoms with van der Waals surface area (Å²) in [7, 11) is 0. The van der Waals surface area contributed by atoms with Crippen molar-refractivity contribution >= 4 is 0 Å². The normalized spacial score (nSPS) is 23.3. The van der Waals surface area contributed by atoms with Crippen LogP contribution in [0.2, 0.25) is 0 Å². The molecule has 0 radical (unpaired) electrons. The number of allylic oxidation sites excluding steroid dienone is 8. The van der Waals surface area contributed by atoms with Crippen molar-refractivity contribution < 1.29 is 51.0 Å². The van der Waals surface area contributed by atoms with Crippen LogP contribution in [0.1, 0.15) is 41.5 Å². The van der Waals surface area contributed by atoms with E-state index < -0.39 is 0 Å². The largest absolute Gasteiger partial charge is 4.00 e. The fourth-order valence-corrected chi connectivity index (χ4v) is 1.93. The smallest absolute Gasteiger partial charge is 1.00 e. The molecule has 0 N–H and O–H groups in total. The number of hydrogen-bond donors (Lipinski definition) is 0. The summed E-state index contributed by atoms with van der Waals surface area (Å²) in [5.41, 5.74) is 5.44. The molecule has 0 spiro atoms. The van der Waals surface area contributed by atoms with Crippen molar-refractivity contribution in [3.63, 3.8) is 0 Å². The quantitative estimate of drug-likeness (QED) is 0.460. The van der Waals surface area contributed by atoms with Crippen molar-refractivity contribution in [2.24, 2.45) is 11.8 Å². The predicted octanol–water partition coefficient (Wildman–Crippen LogP) is -1.33. The second-order valence-corrected chi connectivity index (χ2v) is 4.87. The van der Waals surface area contributed by atoms with Gasteiger partial charge in [0.1, 0.15) is 0 Å². The third-order valence-electron chi connectivity index (χ3n) is 3.14. The molecule has 0 heterocycles. The summed E-state index contributed by atoms with van der Waals surface area (Å²) in [6, 6.07) is 0. The number of halogens is 2. The molecule has 0 nitrogen and oxygen atoms in total. The molecule has 104 valence electrons. The van der Waals surface area contributed by atoms with Gasteiger partial charge in [0.25, 0.3) is 0 Å². The Kier molecular flexibility index (Phi) is 14.3. The summed E-state index contributed by atoms with van der Waals surface area (Å²) in [6.07, 6.45) is 11.0. The van der Waals surface area contributed by atoms with Crippen LogP contribution in [-0.2, 0) is 26.2 Å². The molecule has 0 aromatic heterocycles. The number of rotatable bonds is 0. The van der Waals surface area contributed by atoms with Crippen LogP contribution in [0.3, 0.4) is 0 Å². The van der Waals surface area contributed by atoms with Crippen molar-refractivity contribution in [1.82, 2.24) is 0 Å². The maximum Gasteiger partial charge on any atom is 4.00 e. The molecule has 3 heteroatoms. The average molecular weight is 376 g/mol. The zero-order valence-electron chi connectivity index (χ0n) is 12.6. The van der Waals surface area contributed by atoms with Gasteiger partial charge in [-0.1, -0.05) is 53.4 Å². The maximum atomic E-state index is 3.29. The minimum absolute atomic E-state index is 0. The van der Waals surface area contributed by atoms with Crippen molar-refractivity contribution in [2.45, 2.75) is 41.5 Å². The molecule has 0 aliphatic heterocycles. The van der Waals surface area contributed by atoms with Gasteiger partial charge in [-0.25, -0.2) is 23.3 Å². The van der Waals surface area contributed by atoms with E-state index in [9.17, 15) is 0 Å². The van der Waals surface area contributed by atoms with Crippen LogP contribution in [0.5, 0.6) is 0 Å². The van der Waals surface area contributed by atoms with E-state index in [1.807, 2.05) is 0 Å². The van der Waals surface area contributed by atoms with Crippen molar-refractivity contribution in [2.75, 3.05) is 0 Å². The van der Waals surface area contributed by atoms with Crippen LogP contribution in [0, 0.1) is 24.0 Å². The first-order valence-electron chi connectivity index (χ1n) is 5.96. The molecule has 0 amide bonds. The summed E-state index contributed by atoms with van der Waals surface area (Å²) < 4.78 is 0. The Balaban J connectivity index is -0.000000233. The van der Waals surface area contributed by atoms with Crippen molar-refractivity contribution in [1.29, 1.82) is 0 Å². The fourth-order valence-electron chi connectivity index (χ4n) is 1.93. The van der Waals surface area contributed by atoms with Gasteiger partial charge >= 0.3 is 26.2 Å². The van der Waals surface area contributed by atoms with E-state index in [0.29, 0.717) is 11.8 Å². The van der Waals surface area contributed by atoms with Crippen LogP contribution < -0.4 is 24.8 Å². The molecule has 2 aliphatic rings.